The third-order valence-corrected chi connectivity index (χ3v) is 4.11. The first-order chi connectivity index (χ1) is 11.7. The molecule has 1 heterocycles. The molecule has 24 heavy (non-hydrogen) atoms. The van der Waals surface area contributed by atoms with Crippen LogP contribution in [0.25, 0.3) is 0 Å². The Morgan fingerprint density at radius 3 is 2.42 bits per heavy atom. The second-order valence-electron chi connectivity index (χ2n) is 5.84. The van der Waals surface area contributed by atoms with Crippen LogP contribution < -0.4 is 10.6 Å². The van der Waals surface area contributed by atoms with E-state index in [-0.39, 0.29) is 18.4 Å². The standard InChI is InChI=1S/C19H21N3O2/c23-17-14-22(12-11-20-17)18(16-9-5-2-6-10-16)19(24)21-13-15-7-3-1-4-8-15/h1-10,18H,11-14H2,(H,20,23)(H,21,24)/t18-/m0/s1. The van der Waals surface area contributed by atoms with Crippen molar-refractivity contribution in [3.05, 3.63) is 71.8 Å². The van der Waals surface area contributed by atoms with Gasteiger partial charge in [-0.25, -0.2) is 0 Å². The summed E-state index contributed by atoms with van der Waals surface area (Å²) in [7, 11) is 0. The number of nitrogens with one attached hydrogen (secondary N) is 2. The molecular weight excluding hydrogens is 302 g/mol. The smallest absolute Gasteiger partial charge is 0.242 e. The molecule has 0 bridgehead atoms. The number of rotatable bonds is 5. The highest BCUT2D eigenvalue weighted by atomic mass is 16.2. The maximum Gasteiger partial charge on any atom is 0.242 e. The molecule has 1 aliphatic heterocycles. The lowest BCUT2D eigenvalue weighted by molar-refractivity contribution is -0.131. The average Bonchev–Trinajstić information content (AvgIpc) is 2.62. The van der Waals surface area contributed by atoms with Crippen LogP contribution in [0.3, 0.4) is 0 Å². The number of nitrogens with zero attached hydrogens (tertiary/aromatic N) is 1. The van der Waals surface area contributed by atoms with Crippen LogP contribution in [0.2, 0.25) is 0 Å². The Hall–Kier alpha value is -2.66. The molecule has 2 aromatic rings. The minimum Gasteiger partial charge on any atom is -0.354 e. The van der Waals surface area contributed by atoms with E-state index in [4.69, 9.17) is 0 Å². The first-order valence-corrected chi connectivity index (χ1v) is 8.11. The van der Waals surface area contributed by atoms with Gasteiger partial charge in [0.1, 0.15) is 6.04 Å². The van der Waals surface area contributed by atoms with Gasteiger partial charge >= 0.3 is 0 Å². The van der Waals surface area contributed by atoms with E-state index in [1.807, 2.05) is 65.6 Å². The SMILES string of the molecule is O=C1CN([C@H](C(=O)NCc2ccccc2)c2ccccc2)CCN1. The molecule has 3 rings (SSSR count). The molecule has 124 valence electrons. The monoisotopic (exact) mass is 323 g/mol. The summed E-state index contributed by atoms with van der Waals surface area (Å²) in [4.78, 5) is 26.5. The van der Waals surface area contributed by atoms with Crippen molar-refractivity contribution in [3.63, 3.8) is 0 Å². The zero-order chi connectivity index (χ0) is 16.8. The number of benzene rings is 2. The van der Waals surface area contributed by atoms with Crippen LogP contribution in [-0.2, 0) is 16.1 Å². The minimum atomic E-state index is -0.457. The Morgan fingerprint density at radius 1 is 1.08 bits per heavy atom. The number of hydrogen-bond donors (Lipinski definition) is 2. The van der Waals surface area contributed by atoms with E-state index in [2.05, 4.69) is 10.6 Å². The average molecular weight is 323 g/mol. The number of piperazine rings is 1. The van der Waals surface area contributed by atoms with Gasteiger partial charge in [0.15, 0.2) is 0 Å². The Labute approximate surface area is 141 Å². The quantitative estimate of drug-likeness (QED) is 0.876. The van der Waals surface area contributed by atoms with Gasteiger partial charge in [-0.3, -0.25) is 14.5 Å². The van der Waals surface area contributed by atoms with E-state index in [0.29, 0.717) is 19.6 Å². The largest absolute Gasteiger partial charge is 0.354 e. The van der Waals surface area contributed by atoms with Crippen molar-refractivity contribution in [3.8, 4) is 0 Å². The minimum absolute atomic E-state index is 0.0435. The Morgan fingerprint density at radius 2 is 1.75 bits per heavy atom. The molecule has 0 unspecified atom stereocenters. The molecule has 1 fully saturated rings. The topological polar surface area (TPSA) is 61.4 Å². The zero-order valence-electron chi connectivity index (χ0n) is 13.4. The Balaban J connectivity index is 1.76. The van der Waals surface area contributed by atoms with Crippen LogP contribution in [0.15, 0.2) is 60.7 Å². The molecule has 1 saturated heterocycles. The van der Waals surface area contributed by atoms with E-state index >= 15 is 0 Å². The molecule has 0 aromatic heterocycles. The lowest BCUT2D eigenvalue weighted by Gasteiger charge is -2.33. The summed E-state index contributed by atoms with van der Waals surface area (Å²) in [6, 6.07) is 19.0. The van der Waals surface area contributed by atoms with Crippen molar-refractivity contribution in [2.75, 3.05) is 19.6 Å². The summed E-state index contributed by atoms with van der Waals surface area (Å²) in [6.45, 7) is 1.93. The van der Waals surface area contributed by atoms with E-state index in [1.165, 1.54) is 0 Å². The van der Waals surface area contributed by atoms with E-state index in [1.54, 1.807) is 0 Å². The summed E-state index contributed by atoms with van der Waals surface area (Å²) in [5.41, 5.74) is 1.95. The van der Waals surface area contributed by atoms with Crippen LogP contribution in [0, 0.1) is 0 Å². The molecule has 1 atom stereocenters. The molecule has 2 N–H and O–H groups in total. The summed E-state index contributed by atoms with van der Waals surface area (Å²) in [6.07, 6.45) is 0. The van der Waals surface area contributed by atoms with Gasteiger partial charge in [-0.2, -0.15) is 0 Å². The fraction of sp³-hybridized carbons (Fsp3) is 0.263. The second-order valence-corrected chi connectivity index (χ2v) is 5.84. The Kier molecular flexibility index (Phi) is 5.23. The molecule has 2 aromatic carbocycles. The first kappa shape index (κ1) is 16.2. The van der Waals surface area contributed by atoms with E-state index in [9.17, 15) is 9.59 Å². The van der Waals surface area contributed by atoms with E-state index in [0.717, 1.165) is 11.1 Å². The first-order valence-electron chi connectivity index (χ1n) is 8.11. The van der Waals surface area contributed by atoms with Gasteiger partial charge < -0.3 is 10.6 Å². The molecule has 5 heteroatoms. The molecule has 0 saturated carbocycles. The number of amides is 2. The van der Waals surface area contributed by atoms with Crippen LogP contribution in [0.5, 0.6) is 0 Å². The number of carbonyl (C=O) groups is 2. The predicted molar refractivity (Wildman–Crippen MR) is 92.1 cm³/mol. The summed E-state index contributed by atoms with van der Waals surface area (Å²) >= 11 is 0. The third kappa shape index (κ3) is 4.00. The van der Waals surface area contributed by atoms with Crippen LogP contribution in [0.1, 0.15) is 17.2 Å². The van der Waals surface area contributed by atoms with Gasteiger partial charge in [0.2, 0.25) is 11.8 Å². The Bertz CT molecular complexity index is 688. The van der Waals surface area contributed by atoms with Gasteiger partial charge in [-0.1, -0.05) is 60.7 Å². The molecule has 0 spiro atoms. The lowest BCUT2D eigenvalue weighted by Crippen LogP contribution is -2.52. The molecule has 1 aliphatic rings. The van der Waals surface area contributed by atoms with Gasteiger partial charge in [-0.05, 0) is 11.1 Å². The van der Waals surface area contributed by atoms with Gasteiger partial charge in [0, 0.05) is 19.6 Å². The van der Waals surface area contributed by atoms with Crippen molar-refractivity contribution < 1.29 is 9.59 Å². The molecule has 0 radical (unpaired) electrons. The highest BCUT2D eigenvalue weighted by Gasteiger charge is 2.30. The van der Waals surface area contributed by atoms with E-state index < -0.39 is 6.04 Å². The maximum absolute atomic E-state index is 12.8. The second kappa shape index (κ2) is 7.75. The highest BCUT2D eigenvalue weighted by Crippen LogP contribution is 2.21. The van der Waals surface area contributed by atoms with Gasteiger partial charge in [0.25, 0.3) is 0 Å². The van der Waals surface area contributed by atoms with Crippen LogP contribution in [-0.4, -0.2) is 36.3 Å². The summed E-state index contributed by atoms with van der Waals surface area (Å²) in [5.74, 6) is -0.127. The van der Waals surface area contributed by atoms with Crippen molar-refractivity contribution in [2.45, 2.75) is 12.6 Å². The molecule has 0 aliphatic carbocycles. The third-order valence-electron chi connectivity index (χ3n) is 4.11. The van der Waals surface area contributed by atoms with Crippen molar-refractivity contribution >= 4 is 11.8 Å². The van der Waals surface area contributed by atoms with Gasteiger partial charge in [0.05, 0.1) is 6.54 Å². The lowest BCUT2D eigenvalue weighted by atomic mass is 10.0. The number of carbonyl (C=O) groups excluding carboxylic acids is 2. The zero-order valence-corrected chi connectivity index (χ0v) is 13.4. The highest BCUT2D eigenvalue weighted by molar-refractivity contribution is 5.85. The molecule has 5 nitrogen and oxygen atoms in total. The van der Waals surface area contributed by atoms with Crippen molar-refractivity contribution in [1.82, 2.24) is 15.5 Å². The molecule has 2 amide bonds. The van der Waals surface area contributed by atoms with Crippen molar-refractivity contribution in [2.24, 2.45) is 0 Å². The van der Waals surface area contributed by atoms with Crippen molar-refractivity contribution in [1.29, 1.82) is 0 Å². The summed E-state index contributed by atoms with van der Waals surface area (Å²) in [5, 5.41) is 5.80. The number of hydrogen-bond acceptors (Lipinski definition) is 3. The fourth-order valence-corrected chi connectivity index (χ4v) is 2.92. The van der Waals surface area contributed by atoms with Crippen LogP contribution >= 0.6 is 0 Å². The molecular formula is C19H21N3O2. The fourth-order valence-electron chi connectivity index (χ4n) is 2.92. The summed E-state index contributed by atoms with van der Waals surface area (Å²) < 4.78 is 0. The van der Waals surface area contributed by atoms with Crippen LogP contribution in [0.4, 0.5) is 0 Å². The normalized spacial score (nSPS) is 16.2. The maximum atomic E-state index is 12.8. The predicted octanol–water partition coefficient (Wildman–Crippen LogP) is 1.48. The van der Waals surface area contributed by atoms with Gasteiger partial charge in [-0.15, -0.1) is 0 Å².